The maximum atomic E-state index is 11.5. The molecule has 2 rings (SSSR count). The molecule has 0 unspecified atom stereocenters. The second kappa shape index (κ2) is 3.53. The average molecular weight is 288 g/mol. The molecule has 0 saturated heterocycles. The highest BCUT2D eigenvalue weighted by molar-refractivity contribution is 14.1. The Labute approximate surface area is 90.6 Å². The van der Waals surface area contributed by atoms with Gasteiger partial charge < -0.3 is 8.43 Å². The maximum Gasteiger partial charge on any atom is 0.253 e. The molecule has 0 bridgehead atoms. The number of benzene rings is 1. The van der Waals surface area contributed by atoms with E-state index in [9.17, 15) is 4.79 Å². The Kier molecular flexibility index (Phi) is 2.39. The van der Waals surface area contributed by atoms with Gasteiger partial charge >= 0.3 is 0 Å². The van der Waals surface area contributed by atoms with Gasteiger partial charge in [0.05, 0.1) is 34.1 Å². The Balaban J connectivity index is 2.51. The summed E-state index contributed by atoms with van der Waals surface area (Å²) < 4.78 is 2.06. The van der Waals surface area contributed by atoms with E-state index in [0.717, 1.165) is 17.8 Å². The van der Waals surface area contributed by atoms with Gasteiger partial charge in [0, 0.05) is 13.1 Å². The topological polar surface area (TPSA) is 32.3 Å². The molecular formula is C9H9IN2O. The first-order valence-electron chi connectivity index (χ1n) is 4.09. The zero-order valence-electron chi connectivity index (χ0n) is 6.96. The van der Waals surface area contributed by atoms with E-state index < -0.39 is 0 Å². The molecular weight excluding hydrogens is 279 g/mol. The van der Waals surface area contributed by atoms with Crippen LogP contribution in [0.4, 0.5) is 5.69 Å². The fraction of sp³-hybridized carbons (Fsp3) is 0.222. The molecule has 4 heteroatoms. The summed E-state index contributed by atoms with van der Waals surface area (Å²) in [5, 5.41) is 2.85. The van der Waals surface area contributed by atoms with E-state index in [1.807, 2.05) is 24.3 Å². The summed E-state index contributed by atoms with van der Waals surface area (Å²) in [5.74, 6) is 0.0229. The highest BCUT2D eigenvalue weighted by Gasteiger charge is 2.17. The predicted octanol–water partition coefficient (Wildman–Crippen LogP) is 1.59. The number of anilines is 1. The number of hydrogen-bond acceptors (Lipinski definition) is 2. The molecule has 0 saturated carbocycles. The van der Waals surface area contributed by atoms with E-state index >= 15 is 0 Å². The molecule has 1 N–H and O–H groups in total. The second-order valence-corrected chi connectivity index (χ2v) is 4.02. The summed E-state index contributed by atoms with van der Waals surface area (Å²) >= 11 is 2.22. The second-order valence-electron chi connectivity index (χ2n) is 2.86. The molecule has 0 spiro atoms. The minimum absolute atomic E-state index is 0.0229. The number of para-hydroxylation sites is 1. The summed E-state index contributed by atoms with van der Waals surface area (Å²) in [5.41, 5.74) is 1.76. The number of amides is 1. The molecule has 3 nitrogen and oxygen atoms in total. The van der Waals surface area contributed by atoms with Crippen molar-refractivity contribution in [3.63, 3.8) is 0 Å². The Bertz CT molecular complexity index is 340. The van der Waals surface area contributed by atoms with Gasteiger partial charge in [-0.2, -0.15) is 0 Å². The smallest absolute Gasteiger partial charge is 0.253 e. The molecule has 0 fully saturated rings. The van der Waals surface area contributed by atoms with Crippen LogP contribution < -0.4 is 8.43 Å². The van der Waals surface area contributed by atoms with E-state index in [4.69, 9.17) is 0 Å². The van der Waals surface area contributed by atoms with Crippen LogP contribution in [0.2, 0.25) is 0 Å². The van der Waals surface area contributed by atoms with Gasteiger partial charge in [0.15, 0.2) is 0 Å². The third-order valence-corrected chi connectivity index (χ3v) is 3.01. The highest BCUT2D eigenvalue weighted by atomic mass is 127. The summed E-state index contributed by atoms with van der Waals surface area (Å²) in [4.78, 5) is 11.5. The zero-order valence-corrected chi connectivity index (χ0v) is 9.11. The Morgan fingerprint density at radius 1 is 1.38 bits per heavy atom. The Morgan fingerprint density at radius 3 is 3.00 bits per heavy atom. The van der Waals surface area contributed by atoms with Crippen LogP contribution in [-0.4, -0.2) is 19.0 Å². The van der Waals surface area contributed by atoms with Gasteiger partial charge in [-0.1, -0.05) is 12.1 Å². The van der Waals surface area contributed by atoms with Crippen molar-refractivity contribution in [2.45, 2.75) is 0 Å². The number of carbonyl (C=O) groups excluding carboxylic acids is 1. The predicted molar refractivity (Wildman–Crippen MR) is 60.1 cm³/mol. The van der Waals surface area contributed by atoms with E-state index in [0.29, 0.717) is 6.54 Å². The molecule has 13 heavy (non-hydrogen) atoms. The lowest BCUT2D eigenvalue weighted by Crippen LogP contribution is -2.25. The lowest BCUT2D eigenvalue weighted by atomic mass is 10.2. The van der Waals surface area contributed by atoms with Crippen molar-refractivity contribution >= 4 is 34.5 Å². The van der Waals surface area contributed by atoms with Crippen LogP contribution in [0.15, 0.2) is 24.3 Å². The van der Waals surface area contributed by atoms with Crippen molar-refractivity contribution in [3.05, 3.63) is 29.8 Å². The molecule has 1 aromatic carbocycles. The van der Waals surface area contributed by atoms with E-state index in [1.165, 1.54) is 0 Å². The molecule has 1 aliphatic heterocycles. The van der Waals surface area contributed by atoms with Crippen LogP contribution in [0.25, 0.3) is 0 Å². The van der Waals surface area contributed by atoms with Gasteiger partial charge in [0.1, 0.15) is 0 Å². The van der Waals surface area contributed by atoms with Crippen molar-refractivity contribution in [2.75, 3.05) is 16.2 Å². The lowest BCUT2D eigenvalue weighted by Gasteiger charge is -2.14. The van der Waals surface area contributed by atoms with Gasteiger partial charge in [0.25, 0.3) is 5.91 Å². The molecule has 1 heterocycles. The maximum absolute atomic E-state index is 11.5. The number of halogens is 1. The summed E-state index contributed by atoms with van der Waals surface area (Å²) in [6.45, 7) is 1.56. The standard InChI is InChI=1S/C9H9IN2O/c10-12-6-5-11-9(13)7-3-1-2-4-8(7)12/h1-4H,5-6H2,(H,11,13). The first-order chi connectivity index (χ1) is 6.29. The molecule has 0 aromatic heterocycles. The van der Waals surface area contributed by atoms with Crippen LogP contribution in [0, 0.1) is 0 Å². The summed E-state index contributed by atoms with van der Waals surface area (Å²) in [6, 6.07) is 7.64. The normalized spacial score (nSPS) is 16.1. The number of fused-ring (bicyclic) bond motifs is 1. The number of nitrogens with zero attached hydrogens (tertiary/aromatic N) is 1. The van der Waals surface area contributed by atoms with Gasteiger partial charge in [-0.3, -0.25) is 4.79 Å². The van der Waals surface area contributed by atoms with Crippen molar-refractivity contribution < 1.29 is 4.79 Å². The Hall–Kier alpha value is -0.780. The fourth-order valence-electron chi connectivity index (χ4n) is 1.36. The number of nitrogens with one attached hydrogen (secondary N) is 1. The van der Waals surface area contributed by atoms with E-state index in [2.05, 4.69) is 31.3 Å². The minimum atomic E-state index is 0.0229. The molecule has 1 aliphatic rings. The largest absolute Gasteiger partial charge is 0.350 e. The Morgan fingerprint density at radius 2 is 2.15 bits per heavy atom. The first-order valence-corrected chi connectivity index (χ1v) is 5.06. The lowest BCUT2D eigenvalue weighted by molar-refractivity contribution is 0.0958. The number of carbonyl (C=O) groups is 1. The van der Waals surface area contributed by atoms with Crippen molar-refractivity contribution in [1.29, 1.82) is 0 Å². The highest BCUT2D eigenvalue weighted by Crippen LogP contribution is 2.24. The van der Waals surface area contributed by atoms with Crippen molar-refractivity contribution in [1.82, 2.24) is 5.32 Å². The van der Waals surface area contributed by atoms with Gasteiger partial charge in [0.2, 0.25) is 0 Å². The summed E-state index contributed by atoms with van der Waals surface area (Å²) in [6.07, 6.45) is 0. The van der Waals surface area contributed by atoms with Crippen LogP contribution in [0.1, 0.15) is 10.4 Å². The van der Waals surface area contributed by atoms with Gasteiger partial charge in [-0.15, -0.1) is 0 Å². The van der Waals surface area contributed by atoms with Crippen molar-refractivity contribution in [3.8, 4) is 0 Å². The molecule has 1 amide bonds. The number of rotatable bonds is 0. The van der Waals surface area contributed by atoms with Crippen LogP contribution in [0.3, 0.4) is 0 Å². The first kappa shape index (κ1) is 8.80. The average Bonchev–Trinajstić information content (AvgIpc) is 2.29. The van der Waals surface area contributed by atoms with Crippen LogP contribution in [-0.2, 0) is 0 Å². The molecule has 0 atom stereocenters. The quantitative estimate of drug-likeness (QED) is 0.581. The molecule has 68 valence electrons. The van der Waals surface area contributed by atoms with Crippen LogP contribution >= 0.6 is 22.9 Å². The SMILES string of the molecule is O=C1NCCN(I)c2ccccc21. The van der Waals surface area contributed by atoms with Gasteiger partial charge in [-0.25, -0.2) is 0 Å². The van der Waals surface area contributed by atoms with E-state index in [1.54, 1.807) is 0 Å². The van der Waals surface area contributed by atoms with E-state index in [-0.39, 0.29) is 5.91 Å². The molecule has 0 aliphatic carbocycles. The summed E-state index contributed by atoms with van der Waals surface area (Å²) in [7, 11) is 0. The molecule has 0 radical (unpaired) electrons. The fourth-order valence-corrected chi connectivity index (χ4v) is 2.02. The molecule has 1 aromatic rings. The van der Waals surface area contributed by atoms with Crippen molar-refractivity contribution in [2.24, 2.45) is 0 Å². The third kappa shape index (κ3) is 1.63. The van der Waals surface area contributed by atoms with Gasteiger partial charge in [-0.05, 0) is 12.1 Å². The zero-order chi connectivity index (χ0) is 9.26. The minimum Gasteiger partial charge on any atom is -0.350 e. The van der Waals surface area contributed by atoms with Crippen LogP contribution in [0.5, 0.6) is 0 Å². The third-order valence-electron chi connectivity index (χ3n) is 2.00. The monoisotopic (exact) mass is 288 g/mol. The number of hydrogen-bond donors (Lipinski definition) is 1.